The number of nitrogens with zero attached hydrogens (tertiary/aromatic N) is 2. The first-order chi connectivity index (χ1) is 7.28. The second-order valence-electron chi connectivity index (χ2n) is 3.39. The van der Waals surface area contributed by atoms with Crippen LogP contribution in [0.1, 0.15) is 12.2 Å². The molecule has 3 N–H and O–H groups in total. The minimum Gasteiger partial charge on any atom is -0.472 e. The third-order valence-corrected chi connectivity index (χ3v) is 2.14. The number of ether oxygens (including phenoxy) is 2. The quantitative estimate of drug-likeness (QED) is 0.549. The standard InChI is InChI=1S/C9H14N4O2/c1-6-11-8(13-10)4-9(12-6)15-7-2-3-14-5-7/h4,7H,2-3,5,10H2,1H3,(H,11,12,13). The van der Waals surface area contributed by atoms with E-state index in [1.807, 2.05) is 0 Å². The van der Waals surface area contributed by atoms with Crippen molar-refractivity contribution < 1.29 is 9.47 Å². The van der Waals surface area contributed by atoms with Gasteiger partial charge in [-0.15, -0.1) is 0 Å². The Kier molecular flexibility index (Phi) is 2.98. The van der Waals surface area contributed by atoms with Crippen LogP contribution in [-0.2, 0) is 4.74 Å². The van der Waals surface area contributed by atoms with Gasteiger partial charge in [0.2, 0.25) is 5.88 Å². The lowest BCUT2D eigenvalue weighted by Crippen LogP contribution is -2.17. The Labute approximate surface area is 87.8 Å². The van der Waals surface area contributed by atoms with Gasteiger partial charge in [0.25, 0.3) is 0 Å². The monoisotopic (exact) mass is 210 g/mol. The Morgan fingerprint density at radius 1 is 1.60 bits per heavy atom. The van der Waals surface area contributed by atoms with Crippen molar-refractivity contribution in [2.24, 2.45) is 5.84 Å². The number of nitrogens with two attached hydrogens (primary N) is 1. The summed E-state index contributed by atoms with van der Waals surface area (Å²) in [7, 11) is 0. The molecule has 1 saturated heterocycles. The highest BCUT2D eigenvalue weighted by molar-refractivity contribution is 5.36. The van der Waals surface area contributed by atoms with E-state index in [0.717, 1.165) is 13.0 Å². The van der Waals surface area contributed by atoms with E-state index in [0.29, 0.717) is 24.1 Å². The number of rotatable bonds is 3. The van der Waals surface area contributed by atoms with Crippen molar-refractivity contribution in [3.05, 3.63) is 11.9 Å². The molecule has 15 heavy (non-hydrogen) atoms. The van der Waals surface area contributed by atoms with Crippen molar-refractivity contribution in [1.29, 1.82) is 0 Å². The zero-order valence-corrected chi connectivity index (χ0v) is 8.56. The maximum Gasteiger partial charge on any atom is 0.219 e. The SMILES string of the molecule is Cc1nc(NN)cc(OC2CCOC2)n1. The van der Waals surface area contributed by atoms with Crippen molar-refractivity contribution in [3.8, 4) is 5.88 Å². The van der Waals surface area contributed by atoms with E-state index in [1.54, 1.807) is 13.0 Å². The molecule has 0 saturated carbocycles. The summed E-state index contributed by atoms with van der Waals surface area (Å²) in [6.45, 7) is 3.16. The van der Waals surface area contributed by atoms with E-state index < -0.39 is 0 Å². The molecule has 6 nitrogen and oxygen atoms in total. The summed E-state index contributed by atoms with van der Waals surface area (Å²) >= 11 is 0. The Balaban J connectivity index is 2.09. The smallest absolute Gasteiger partial charge is 0.219 e. The average molecular weight is 210 g/mol. The highest BCUT2D eigenvalue weighted by Gasteiger charge is 2.18. The van der Waals surface area contributed by atoms with Gasteiger partial charge in [-0.2, -0.15) is 4.98 Å². The van der Waals surface area contributed by atoms with Crippen LogP contribution in [0.3, 0.4) is 0 Å². The number of hydrazine groups is 1. The molecule has 2 rings (SSSR count). The first-order valence-corrected chi connectivity index (χ1v) is 4.84. The molecule has 0 aromatic carbocycles. The van der Waals surface area contributed by atoms with Crippen LogP contribution in [0.5, 0.6) is 5.88 Å². The number of aromatic nitrogens is 2. The Bertz CT molecular complexity index is 339. The third kappa shape index (κ3) is 2.54. The largest absolute Gasteiger partial charge is 0.472 e. The number of nitrogen functional groups attached to an aromatic ring is 1. The fraction of sp³-hybridized carbons (Fsp3) is 0.556. The zero-order valence-electron chi connectivity index (χ0n) is 8.56. The molecular weight excluding hydrogens is 196 g/mol. The lowest BCUT2D eigenvalue weighted by Gasteiger charge is -2.11. The zero-order chi connectivity index (χ0) is 10.7. The highest BCUT2D eigenvalue weighted by atomic mass is 16.5. The summed E-state index contributed by atoms with van der Waals surface area (Å²) in [6, 6.07) is 1.67. The van der Waals surface area contributed by atoms with Crippen molar-refractivity contribution >= 4 is 5.82 Å². The summed E-state index contributed by atoms with van der Waals surface area (Å²) in [5.74, 6) is 6.99. The normalized spacial score (nSPS) is 20.3. The molecule has 82 valence electrons. The number of nitrogens with one attached hydrogen (secondary N) is 1. The lowest BCUT2D eigenvalue weighted by atomic mass is 10.3. The van der Waals surface area contributed by atoms with Crippen molar-refractivity contribution in [2.75, 3.05) is 18.6 Å². The summed E-state index contributed by atoms with van der Waals surface area (Å²) in [5.41, 5.74) is 2.47. The van der Waals surface area contributed by atoms with E-state index in [-0.39, 0.29) is 6.10 Å². The molecule has 0 aliphatic carbocycles. The number of hydrogen-bond acceptors (Lipinski definition) is 6. The molecule has 0 radical (unpaired) electrons. The number of hydrogen-bond donors (Lipinski definition) is 2. The van der Waals surface area contributed by atoms with Gasteiger partial charge in [0.1, 0.15) is 17.7 Å². The predicted octanol–water partition coefficient (Wildman–Crippen LogP) is 0.238. The number of aryl methyl sites for hydroxylation is 1. The molecule has 0 amide bonds. The summed E-state index contributed by atoms with van der Waals surface area (Å²) in [4.78, 5) is 8.23. The van der Waals surface area contributed by atoms with Gasteiger partial charge in [-0.05, 0) is 6.92 Å². The second kappa shape index (κ2) is 4.41. The van der Waals surface area contributed by atoms with Gasteiger partial charge in [-0.3, -0.25) is 0 Å². The van der Waals surface area contributed by atoms with Crippen LogP contribution in [-0.4, -0.2) is 29.3 Å². The van der Waals surface area contributed by atoms with Gasteiger partial charge in [-0.25, -0.2) is 10.8 Å². The maximum absolute atomic E-state index is 5.63. The van der Waals surface area contributed by atoms with E-state index in [9.17, 15) is 0 Å². The molecule has 1 fully saturated rings. The first kappa shape index (κ1) is 10.1. The van der Waals surface area contributed by atoms with Gasteiger partial charge in [0.05, 0.1) is 13.2 Å². The molecular formula is C9H14N4O2. The molecule has 1 aliphatic rings. The number of anilines is 1. The van der Waals surface area contributed by atoms with Crippen molar-refractivity contribution in [3.63, 3.8) is 0 Å². The Morgan fingerprint density at radius 3 is 3.13 bits per heavy atom. The molecule has 1 unspecified atom stereocenters. The van der Waals surface area contributed by atoms with Crippen LogP contribution in [0.15, 0.2) is 6.07 Å². The molecule has 1 aromatic heterocycles. The lowest BCUT2D eigenvalue weighted by molar-refractivity contribution is 0.138. The molecule has 0 spiro atoms. The summed E-state index contributed by atoms with van der Waals surface area (Å²) in [5, 5.41) is 0. The van der Waals surface area contributed by atoms with Crippen molar-refractivity contribution in [2.45, 2.75) is 19.4 Å². The van der Waals surface area contributed by atoms with Gasteiger partial charge < -0.3 is 14.9 Å². The van der Waals surface area contributed by atoms with Gasteiger partial charge in [-0.1, -0.05) is 0 Å². The average Bonchev–Trinajstić information content (AvgIpc) is 2.69. The minimum atomic E-state index is 0.0879. The Morgan fingerprint density at radius 2 is 2.47 bits per heavy atom. The van der Waals surface area contributed by atoms with Crippen molar-refractivity contribution in [1.82, 2.24) is 9.97 Å². The molecule has 2 heterocycles. The second-order valence-corrected chi connectivity index (χ2v) is 3.39. The summed E-state index contributed by atoms with van der Waals surface area (Å²) in [6.07, 6.45) is 0.985. The predicted molar refractivity (Wildman–Crippen MR) is 54.4 cm³/mol. The fourth-order valence-electron chi connectivity index (χ4n) is 1.45. The van der Waals surface area contributed by atoms with E-state index in [2.05, 4.69) is 15.4 Å². The molecule has 6 heteroatoms. The molecule has 1 aromatic rings. The van der Waals surface area contributed by atoms with E-state index >= 15 is 0 Å². The maximum atomic E-state index is 5.63. The topological polar surface area (TPSA) is 82.3 Å². The van der Waals surface area contributed by atoms with Crippen LogP contribution in [0.4, 0.5) is 5.82 Å². The van der Waals surface area contributed by atoms with Crippen LogP contribution >= 0.6 is 0 Å². The molecule has 1 atom stereocenters. The first-order valence-electron chi connectivity index (χ1n) is 4.84. The van der Waals surface area contributed by atoms with Crippen LogP contribution < -0.4 is 16.0 Å². The van der Waals surface area contributed by atoms with E-state index in [1.165, 1.54) is 0 Å². The molecule has 0 bridgehead atoms. The van der Waals surface area contributed by atoms with Gasteiger partial charge in [0, 0.05) is 12.5 Å². The third-order valence-electron chi connectivity index (χ3n) is 2.14. The highest BCUT2D eigenvalue weighted by Crippen LogP contribution is 2.17. The summed E-state index contributed by atoms with van der Waals surface area (Å²) < 4.78 is 10.8. The van der Waals surface area contributed by atoms with Gasteiger partial charge in [0.15, 0.2) is 0 Å². The van der Waals surface area contributed by atoms with Crippen LogP contribution in [0.25, 0.3) is 0 Å². The fourth-order valence-corrected chi connectivity index (χ4v) is 1.45. The minimum absolute atomic E-state index is 0.0879. The van der Waals surface area contributed by atoms with E-state index in [4.69, 9.17) is 15.3 Å². The Hall–Kier alpha value is -1.40. The molecule has 1 aliphatic heterocycles. The van der Waals surface area contributed by atoms with Crippen LogP contribution in [0, 0.1) is 6.92 Å². The van der Waals surface area contributed by atoms with Crippen LogP contribution in [0.2, 0.25) is 0 Å². The van der Waals surface area contributed by atoms with Gasteiger partial charge >= 0.3 is 0 Å².